The predicted molar refractivity (Wildman–Crippen MR) is 62.6 cm³/mol. The molecule has 0 aromatic carbocycles. The van der Waals surface area contributed by atoms with Gasteiger partial charge in [-0.25, -0.2) is 4.79 Å². The van der Waals surface area contributed by atoms with Crippen LogP contribution in [0.4, 0.5) is 0 Å². The van der Waals surface area contributed by atoms with Crippen molar-refractivity contribution in [3.63, 3.8) is 0 Å². The van der Waals surface area contributed by atoms with Gasteiger partial charge in [0, 0.05) is 6.42 Å². The number of hydrogen-bond acceptors (Lipinski definition) is 3. The van der Waals surface area contributed by atoms with Crippen LogP contribution in [-0.4, -0.2) is 18.5 Å². The van der Waals surface area contributed by atoms with Crippen LogP contribution in [0.5, 0.6) is 0 Å². The van der Waals surface area contributed by atoms with Gasteiger partial charge in [-0.2, -0.15) is 0 Å². The third kappa shape index (κ3) is 5.53. The average Bonchev–Trinajstić information content (AvgIpc) is 2.12. The molecule has 0 saturated heterocycles. The van der Waals surface area contributed by atoms with Gasteiger partial charge < -0.3 is 10.1 Å². The molecular weight excluding hydrogens is 206 g/mol. The van der Waals surface area contributed by atoms with E-state index in [1.807, 2.05) is 13.8 Å². The lowest BCUT2D eigenvalue weighted by Gasteiger charge is -2.11. The fourth-order valence-corrected chi connectivity index (χ4v) is 1.14. The highest BCUT2D eigenvalue weighted by Gasteiger charge is 2.15. The molecule has 16 heavy (non-hydrogen) atoms. The van der Waals surface area contributed by atoms with Crippen molar-refractivity contribution in [3.8, 4) is 0 Å². The number of carbonyl (C=O) groups excluding carboxylic acids is 2. The van der Waals surface area contributed by atoms with Crippen molar-refractivity contribution in [2.75, 3.05) is 6.61 Å². The van der Waals surface area contributed by atoms with E-state index >= 15 is 0 Å². The number of hydrogen-bond donors (Lipinski definition) is 1. The molecule has 0 aromatic heterocycles. The first kappa shape index (κ1) is 14.7. The van der Waals surface area contributed by atoms with E-state index in [2.05, 4.69) is 5.32 Å². The summed E-state index contributed by atoms with van der Waals surface area (Å²) in [7, 11) is 0. The smallest absolute Gasteiger partial charge is 0.354 e. The zero-order valence-corrected chi connectivity index (χ0v) is 10.7. The lowest BCUT2D eigenvalue weighted by Crippen LogP contribution is -2.30. The minimum Gasteiger partial charge on any atom is -0.461 e. The van der Waals surface area contributed by atoms with Crippen molar-refractivity contribution in [3.05, 3.63) is 11.3 Å². The Morgan fingerprint density at radius 3 is 2.19 bits per heavy atom. The van der Waals surface area contributed by atoms with Crippen molar-refractivity contribution < 1.29 is 14.3 Å². The predicted octanol–water partition coefficient (Wildman–Crippen LogP) is 2.01. The van der Waals surface area contributed by atoms with Crippen molar-refractivity contribution >= 4 is 11.9 Å². The number of ether oxygens (including phenoxy) is 1. The van der Waals surface area contributed by atoms with Gasteiger partial charge in [0.05, 0.1) is 6.61 Å². The molecule has 0 fully saturated rings. The highest BCUT2D eigenvalue weighted by molar-refractivity contribution is 5.94. The second kappa shape index (κ2) is 7.04. The van der Waals surface area contributed by atoms with Crippen molar-refractivity contribution in [1.82, 2.24) is 5.32 Å². The van der Waals surface area contributed by atoms with E-state index in [9.17, 15) is 9.59 Å². The molecule has 0 aliphatic rings. The summed E-state index contributed by atoms with van der Waals surface area (Å²) in [4.78, 5) is 23.0. The van der Waals surface area contributed by atoms with Crippen LogP contribution in [0, 0.1) is 5.92 Å². The third-order valence-electron chi connectivity index (χ3n) is 1.84. The van der Waals surface area contributed by atoms with Crippen molar-refractivity contribution in [1.29, 1.82) is 0 Å². The van der Waals surface area contributed by atoms with Gasteiger partial charge >= 0.3 is 5.97 Å². The molecule has 4 heteroatoms. The summed E-state index contributed by atoms with van der Waals surface area (Å²) >= 11 is 0. The maximum atomic E-state index is 11.5. The van der Waals surface area contributed by atoms with Crippen LogP contribution in [0.3, 0.4) is 0 Å². The Bertz CT molecular complexity index is 289. The lowest BCUT2D eigenvalue weighted by atomic mass is 10.1. The Kier molecular flexibility index (Phi) is 6.46. The zero-order chi connectivity index (χ0) is 12.7. The van der Waals surface area contributed by atoms with Gasteiger partial charge in [0.15, 0.2) is 0 Å². The minimum atomic E-state index is -0.473. The highest BCUT2D eigenvalue weighted by Crippen LogP contribution is 2.05. The number of allylic oxidation sites excluding steroid dienone is 1. The number of nitrogens with one attached hydrogen (secondary N) is 1. The molecule has 0 spiro atoms. The standard InChI is InChI=1S/C12H21NO3/c1-6-16-12(15)11(9(4)5)13-10(14)7-8(2)3/h8H,6-7H2,1-5H3,(H,13,14). The summed E-state index contributed by atoms with van der Waals surface area (Å²) < 4.78 is 4.86. The molecule has 0 aliphatic heterocycles. The molecule has 0 aliphatic carbocycles. The molecular formula is C12H21NO3. The Hall–Kier alpha value is -1.32. The number of carbonyl (C=O) groups is 2. The first-order valence-electron chi connectivity index (χ1n) is 5.52. The lowest BCUT2D eigenvalue weighted by molar-refractivity contribution is -0.140. The number of amides is 1. The van der Waals surface area contributed by atoms with E-state index in [4.69, 9.17) is 4.74 Å². The third-order valence-corrected chi connectivity index (χ3v) is 1.84. The Labute approximate surface area is 97.1 Å². The van der Waals surface area contributed by atoms with Crippen LogP contribution in [0.25, 0.3) is 0 Å². The number of rotatable bonds is 5. The van der Waals surface area contributed by atoms with Gasteiger partial charge in [-0.3, -0.25) is 4.79 Å². The molecule has 0 saturated carbocycles. The van der Waals surface area contributed by atoms with Gasteiger partial charge in [0.1, 0.15) is 5.70 Å². The summed E-state index contributed by atoms with van der Waals surface area (Å²) in [6.07, 6.45) is 0.399. The molecule has 0 rings (SSSR count). The molecule has 0 atom stereocenters. The second-order valence-electron chi connectivity index (χ2n) is 4.24. The summed E-state index contributed by atoms with van der Waals surface area (Å²) in [5.41, 5.74) is 1.00. The molecule has 1 amide bonds. The normalized spacial score (nSPS) is 9.88. The van der Waals surface area contributed by atoms with Crippen molar-refractivity contribution in [2.45, 2.75) is 41.0 Å². The van der Waals surface area contributed by atoms with Gasteiger partial charge in [0.25, 0.3) is 0 Å². The number of esters is 1. The first-order chi connectivity index (χ1) is 7.38. The average molecular weight is 227 g/mol. The van der Waals surface area contributed by atoms with Gasteiger partial charge in [-0.1, -0.05) is 13.8 Å². The summed E-state index contributed by atoms with van der Waals surface area (Å²) in [5, 5.41) is 2.60. The highest BCUT2D eigenvalue weighted by atomic mass is 16.5. The van der Waals surface area contributed by atoms with E-state index < -0.39 is 5.97 Å². The van der Waals surface area contributed by atoms with E-state index in [-0.39, 0.29) is 17.5 Å². The van der Waals surface area contributed by atoms with Crippen LogP contribution in [0.2, 0.25) is 0 Å². The first-order valence-corrected chi connectivity index (χ1v) is 5.52. The molecule has 0 heterocycles. The van der Waals surface area contributed by atoms with E-state index in [1.165, 1.54) is 0 Å². The summed E-state index contributed by atoms with van der Waals surface area (Å²) in [6, 6.07) is 0. The van der Waals surface area contributed by atoms with Crippen LogP contribution < -0.4 is 5.32 Å². The quantitative estimate of drug-likeness (QED) is 0.577. The maximum Gasteiger partial charge on any atom is 0.354 e. The summed E-state index contributed by atoms with van der Waals surface area (Å²) in [6.45, 7) is 9.47. The topological polar surface area (TPSA) is 55.4 Å². The Balaban J connectivity index is 4.55. The van der Waals surface area contributed by atoms with Gasteiger partial charge in [-0.05, 0) is 32.3 Å². The van der Waals surface area contributed by atoms with Crippen LogP contribution in [0.15, 0.2) is 11.3 Å². The molecule has 0 aromatic rings. The molecule has 0 radical (unpaired) electrons. The Morgan fingerprint density at radius 1 is 1.25 bits per heavy atom. The fraction of sp³-hybridized carbons (Fsp3) is 0.667. The second-order valence-corrected chi connectivity index (χ2v) is 4.24. The van der Waals surface area contributed by atoms with Crippen LogP contribution in [0.1, 0.15) is 41.0 Å². The Morgan fingerprint density at radius 2 is 1.81 bits per heavy atom. The molecule has 1 N–H and O–H groups in total. The molecule has 0 unspecified atom stereocenters. The van der Waals surface area contributed by atoms with E-state index in [0.717, 1.165) is 5.57 Å². The largest absolute Gasteiger partial charge is 0.461 e. The maximum absolute atomic E-state index is 11.5. The van der Waals surface area contributed by atoms with Crippen molar-refractivity contribution in [2.24, 2.45) is 5.92 Å². The van der Waals surface area contributed by atoms with Crippen LogP contribution in [-0.2, 0) is 14.3 Å². The van der Waals surface area contributed by atoms with E-state index in [1.54, 1.807) is 20.8 Å². The molecule has 92 valence electrons. The SMILES string of the molecule is CCOC(=O)C(NC(=O)CC(C)C)=C(C)C. The monoisotopic (exact) mass is 227 g/mol. The summed E-state index contributed by atoms with van der Waals surface area (Å²) in [5.74, 6) is -0.362. The van der Waals surface area contributed by atoms with E-state index in [0.29, 0.717) is 13.0 Å². The fourth-order valence-electron chi connectivity index (χ4n) is 1.14. The van der Waals surface area contributed by atoms with Gasteiger partial charge in [0.2, 0.25) is 5.91 Å². The van der Waals surface area contributed by atoms with Gasteiger partial charge in [-0.15, -0.1) is 0 Å². The molecule has 0 bridgehead atoms. The van der Waals surface area contributed by atoms with Crippen LogP contribution >= 0.6 is 0 Å². The minimum absolute atomic E-state index is 0.153. The molecule has 4 nitrogen and oxygen atoms in total. The zero-order valence-electron chi connectivity index (χ0n) is 10.7.